The molecule has 0 amide bonds. The molecule has 2 unspecified atom stereocenters. The smallest absolute Gasteiger partial charge is 0.306 e. The van der Waals surface area contributed by atoms with Crippen molar-refractivity contribution in [1.29, 1.82) is 0 Å². The molecule has 0 bridgehead atoms. The second-order valence-electron chi connectivity index (χ2n) is 4.64. The van der Waals surface area contributed by atoms with Gasteiger partial charge in [-0.1, -0.05) is 6.92 Å². The number of aliphatic carboxylic acids is 1. The first-order chi connectivity index (χ1) is 8.16. The number of carboxylic acid groups (broad SMARTS) is 1. The minimum atomic E-state index is -0.765. The van der Waals surface area contributed by atoms with Crippen LogP contribution in [0.3, 0.4) is 0 Å². The van der Waals surface area contributed by atoms with E-state index in [1.807, 2.05) is 10.9 Å². The Bertz CT molecular complexity index is 383. The maximum Gasteiger partial charge on any atom is 0.306 e. The van der Waals surface area contributed by atoms with Gasteiger partial charge < -0.3 is 9.84 Å². The van der Waals surface area contributed by atoms with E-state index >= 15 is 0 Å². The monoisotopic (exact) mass is 238 g/mol. The van der Waals surface area contributed by atoms with Crippen LogP contribution in [0.1, 0.15) is 31.4 Å². The van der Waals surface area contributed by atoms with Crippen molar-refractivity contribution in [2.24, 2.45) is 5.92 Å². The lowest BCUT2D eigenvalue weighted by molar-refractivity contribution is -0.141. The summed E-state index contributed by atoms with van der Waals surface area (Å²) in [5, 5.41) is 13.1. The normalized spacial score (nSPS) is 22.3. The number of hydrogen-bond acceptors (Lipinski definition) is 3. The van der Waals surface area contributed by atoms with Gasteiger partial charge in [-0.05, 0) is 24.8 Å². The number of carbonyl (C=O) groups is 1. The first kappa shape index (κ1) is 12.1. The minimum absolute atomic E-state index is 0.303. The van der Waals surface area contributed by atoms with Crippen LogP contribution in [0.2, 0.25) is 0 Å². The number of hydrogen-bond donors (Lipinski definition) is 1. The molecule has 0 spiro atoms. The van der Waals surface area contributed by atoms with E-state index in [1.54, 1.807) is 13.1 Å². The molecule has 0 aromatic carbocycles. The molecule has 2 atom stereocenters. The molecule has 0 aliphatic carbocycles. The van der Waals surface area contributed by atoms with Crippen molar-refractivity contribution in [2.75, 3.05) is 13.2 Å². The zero-order valence-electron chi connectivity index (χ0n) is 10.0. The maximum atomic E-state index is 10.8. The summed E-state index contributed by atoms with van der Waals surface area (Å²) in [5.74, 6) is -1.13. The third kappa shape index (κ3) is 3.06. The average molecular weight is 238 g/mol. The molecule has 1 aromatic rings. The van der Waals surface area contributed by atoms with E-state index in [2.05, 4.69) is 5.10 Å². The lowest BCUT2D eigenvalue weighted by atomic mass is 10.0. The summed E-state index contributed by atoms with van der Waals surface area (Å²) in [4.78, 5) is 10.8. The Morgan fingerprint density at radius 2 is 2.59 bits per heavy atom. The molecule has 17 heavy (non-hydrogen) atoms. The van der Waals surface area contributed by atoms with Crippen LogP contribution in [0.5, 0.6) is 0 Å². The number of carboxylic acids is 1. The molecule has 1 N–H and O–H groups in total. The molecular formula is C12H18N2O3. The molecule has 1 fully saturated rings. The van der Waals surface area contributed by atoms with E-state index in [4.69, 9.17) is 9.84 Å². The van der Waals surface area contributed by atoms with Crippen LogP contribution in [0.4, 0.5) is 0 Å². The number of rotatable bonds is 4. The molecule has 2 rings (SSSR count). The van der Waals surface area contributed by atoms with Crippen LogP contribution < -0.4 is 0 Å². The highest BCUT2D eigenvalue weighted by Gasteiger charge is 2.18. The van der Waals surface area contributed by atoms with Crippen LogP contribution >= 0.6 is 0 Å². The number of aromatic nitrogens is 2. The van der Waals surface area contributed by atoms with Crippen LogP contribution in [0, 0.1) is 5.92 Å². The van der Waals surface area contributed by atoms with E-state index in [-0.39, 0.29) is 5.92 Å². The SMILES string of the molecule is CC(Cc1cnn(C2CCCOC2)c1)C(=O)O. The number of ether oxygens (including phenoxy) is 1. The summed E-state index contributed by atoms with van der Waals surface area (Å²) in [6.45, 7) is 3.25. The van der Waals surface area contributed by atoms with Gasteiger partial charge in [-0.3, -0.25) is 9.48 Å². The van der Waals surface area contributed by atoms with Gasteiger partial charge in [0, 0.05) is 12.8 Å². The van der Waals surface area contributed by atoms with Crippen LogP contribution in [-0.4, -0.2) is 34.1 Å². The molecule has 5 nitrogen and oxygen atoms in total. The fourth-order valence-corrected chi connectivity index (χ4v) is 2.06. The van der Waals surface area contributed by atoms with Gasteiger partial charge in [-0.2, -0.15) is 5.10 Å². The second kappa shape index (κ2) is 5.31. The minimum Gasteiger partial charge on any atom is -0.481 e. The third-order valence-corrected chi connectivity index (χ3v) is 3.13. The van der Waals surface area contributed by atoms with Crippen molar-refractivity contribution in [3.63, 3.8) is 0 Å². The van der Waals surface area contributed by atoms with Crippen molar-refractivity contribution < 1.29 is 14.6 Å². The van der Waals surface area contributed by atoms with E-state index in [0.717, 1.165) is 25.0 Å². The van der Waals surface area contributed by atoms with Gasteiger partial charge in [0.2, 0.25) is 0 Å². The molecular weight excluding hydrogens is 220 g/mol. The largest absolute Gasteiger partial charge is 0.481 e. The molecule has 1 saturated heterocycles. The zero-order chi connectivity index (χ0) is 12.3. The molecule has 5 heteroatoms. The lowest BCUT2D eigenvalue weighted by Gasteiger charge is -2.22. The van der Waals surface area contributed by atoms with Crippen molar-refractivity contribution in [3.8, 4) is 0 Å². The highest BCUT2D eigenvalue weighted by Crippen LogP contribution is 2.19. The molecule has 1 aliphatic rings. The van der Waals surface area contributed by atoms with Crippen LogP contribution in [0.25, 0.3) is 0 Å². The third-order valence-electron chi connectivity index (χ3n) is 3.13. The van der Waals surface area contributed by atoms with Crippen molar-refractivity contribution >= 4 is 5.97 Å². The highest BCUT2D eigenvalue weighted by molar-refractivity contribution is 5.69. The Kier molecular flexibility index (Phi) is 3.78. The molecule has 1 aromatic heterocycles. The first-order valence-electron chi connectivity index (χ1n) is 6.00. The highest BCUT2D eigenvalue weighted by atomic mass is 16.5. The Labute approximate surface area is 100 Å². The Hall–Kier alpha value is -1.36. The van der Waals surface area contributed by atoms with Crippen LogP contribution in [0.15, 0.2) is 12.4 Å². The van der Waals surface area contributed by atoms with E-state index in [9.17, 15) is 4.79 Å². The predicted molar refractivity (Wildman–Crippen MR) is 61.8 cm³/mol. The van der Waals surface area contributed by atoms with Crippen LogP contribution in [-0.2, 0) is 16.0 Å². The summed E-state index contributed by atoms with van der Waals surface area (Å²) in [6, 6.07) is 0.303. The molecule has 94 valence electrons. The first-order valence-corrected chi connectivity index (χ1v) is 6.00. The molecule has 0 saturated carbocycles. The molecule has 1 aliphatic heterocycles. The molecule has 0 radical (unpaired) electrons. The summed E-state index contributed by atoms with van der Waals surface area (Å²) in [5.41, 5.74) is 0.977. The summed E-state index contributed by atoms with van der Waals surface area (Å²) < 4.78 is 7.32. The van der Waals surface area contributed by atoms with Gasteiger partial charge in [0.25, 0.3) is 0 Å². The van der Waals surface area contributed by atoms with Gasteiger partial charge in [-0.25, -0.2) is 0 Å². The predicted octanol–water partition coefficient (Wildman–Crippen LogP) is 1.50. The number of nitrogens with zero attached hydrogens (tertiary/aromatic N) is 2. The van der Waals surface area contributed by atoms with E-state index in [0.29, 0.717) is 19.1 Å². The fourth-order valence-electron chi connectivity index (χ4n) is 2.06. The fraction of sp³-hybridized carbons (Fsp3) is 0.667. The topological polar surface area (TPSA) is 64.4 Å². The van der Waals surface area contributed by atoms with E-state index < -0.39 is 5.97 Å². The average Bonchev–Trinajstić information content (AvgIpc) is 2.78. The van der Waals surface area contributed by atoms with Crippen molar-refractivity contribution in [1.82, 2.24) is 9.78 Å². The van der Waals surface area contributed by atoms with Gasteiger partial charge in [-0.15, -0.1) is 0 Å². The van der Waals surface area contributed by atoms with E-state index in [1.165, 1.54) is 0 Å². The summed E-state index contributed by atoms with van der Waals surface area (Å²) in [6.07, 6.45) is 6.37. The zero-order valence-corrected chi connectivity index (χ0v) is 10.0. The summed E-state index contributed by atoms with van der Waals surface area (Å²) >= 11 is 0. The lowest BCUT2D eigenvalue weighted by Crippen LogP contribution is -2.21. The van der Waals surface area contributed by atoms with Gasteiger partial charge >= 0.3 is 5.97 Å². The van der Waals surface area contributed by atoms with Gasteiger partial charge in [0.15, 0.2) is 0 Å². The second-order valence-corrected chi connectivity index (χ2v) is 4.64. The Morgan fingerprint density at radius 1 is 1.76 bits per heavy atom. The Morgan fingerprint density at radius 3 is 3.24 bits per heavy atom. The van der Waals surface area contributed by atoms with Gasteiger partial charge in [0.05, 0.1) is 24.8 Å². The van der Waals surface area contributed by atoms with Crippen molar-refractivity contribution in [3.05, 3.63) is 18.0 Å². The summed E-state index contributed by atoms with van der Waals surface area (Å²) in [7, 11) is 0. The van der Waals surface area contributed by atoms with Gasteiger partial charge in [0.1, 0.15) is 0 Å². The quantitative estimate of drug-likeness (QED) is 0.863. The maximum absolute atomic E-state index is 10.8. The molecule has 2 heterocycles. The standard InChI is InChI=1S/C12H18N2O3/c1-9(12(15)16)5-10-6-13-14(7-10)11-3-2-4-17-8-11/h6-7,9,11H,2-5,8H2,1H3,(H,15,16). The van der Waals surface area contributed by atoms with Crippen molar-refractivity contribution in [2.45, 2.75) is 32.2 Å². The Balaban J connectivity index is 1.97.